The smallest absolute Gasteiger partial charge is 0.310 e. The molecule has 1 fully saturated rings. The number of rotatable bonds is 4. The number of amides is 1. The van der Waals surface area contributed by atoms with E-state index >= 15 is 0 Å². The number of ether oxygens (including phenoxy) is 1. The van der Waals surface area contributed by atoms with E-state index in [2.05, 4.69) is 0 Å². The van der Waals surface area contributed by atoms with E-state index in [0.717, 1.165) is 12.8 Å². The van der Waals surface area contributed by atoms with Crippen molar-refractivity contribution in [1.29, 1.82) is 0 Å². The minimum atomic E-state index is -0.254. The van der Waals surface area contributed by atoms with E-state index in [1.165, 1.54) is 10.6 Å². The summed E-state index contributed by atoms with van der Waals surface area (Å²) in [5, 5.41) is 0. The molecular weight excluding hydrogens is 272 g/mol. The lowest BCUT2D eigenvalue weighted by Gasteiger charge is -2.31. The van der Waals surface area contributed by atoms with E-state index < -0.39 is 0 Å². The Bertz CT molecular complexity index is 567. The van der Waals surface area contributed by atoms with Crippen LogP contribution in [-0.2, 0) is 20.9 Å². The molecule has 0 aromatic carbocycles. The summed E-state index contributed by atoms with van der Waals surface area (Å²) in [6, 6.07) is 4.78. The van der Waals surface area contributed by atoms with Crippen LogP contribution in [0.5, 0.6) is 0 Å². The zero-order valence-electron chi connectivity index (χ0n) is 12.2. The number of carbonyl (C=O) groups is 2. The first-order valence-corrected chi connectivity index (χ1v) is 7.21. The average molecular weight is 292 g/mol. The van der Waals surface area contributed by atoms with Gasteiger partial charge in [0.15, 0.2) is 0 Å². The fourth-order valence-corrected chi connectivity index (χ4v) is 2.49. The first kappa shape index (κ1) is 15.3. The molecule has 0 bridgehead atoms. The van der Waals surface area contributed by atoms with Gasteiger partial charge in [-0.2, -0.15) is 0 Å². The van der Waals surface area contributed by atoms with Crippen molar-refractivity contribution in [2.24, 2.45) is 5.92 Å². The van der Waals surface area contributed by atoms with Crippen LogP contribution >= 0.6 is 0 Å². The standard InChI is InChI=1S/C15H20N2O4/c1-2-21-15(20)12-6-5-9-16(10-12)14(19)11-17-8-4-3-7-13(17)18/h3-4,7-8,12H,2,5-6,9-11H2,1H3. The number of carbonyl (C=O) groups excluding carboxylic acids is 2. The first-order valence-electron chi connectivity index (χ1n) is 7.21. The zero-order chi connectivity index (χ0) is 15.2. The molecule has 1 aliphatic rings. The van der Waals surface area contributed by atoms with Gasteiger partial charge in [0.05, 0.1) is 12.5 Å². The molecule has 1 aliphatic heterocycles. The molecule has 1 unspecified atom stereocenters. The fraction of sp³-hybridized carbons (Fsp3) is 0.533. The lowest BCUT2D eigenvalue weighted by molar-refractivity contribution is -0.151. The third-order valence-corrected chi connectivity index (χ3v) is 3.60. The van der Waals surface area contributed by atoms with Gasteiger partial charge in [0, 0.05) is 25.4 Å². The number of nitrogens with zero attached hydrogens (tertiary/aromatic N) is 2. The molecule has 0 saturated carbocycles. The maximum Gasteiger partial charge on any atom is 0.310 e. The minimum absolute atomic E-state index is 0.00915. The molecule has 6 heteroatoms. The van der Waals surface area contributed by atoms with Crippen molar-refractivity contribution in [2.45, 2.75) is 26.3 Å². The van der Waals surface area contributed by atoms with Crippen LogP contribution in [0.1, 0.15) is 19.8 Å². The second kappa shape index (κ2) is 7.06. The SMILES string of the molecule is CCOC(=O)C1CCCN(C(=O)Cn2ccccc2=O)C1. The zero-order valence-corrected chi connectivity index (χ0v) is 12.2. The highest BCUT2D eigenvalue weighted by atomic mass is 16.5. The number of hydrogen-bond donors (Lipinski definition) is 0. The number of aromatic nitrogens is 1. The molecule has 1 aromatic rings. The molecule has 6 nitrogen and oxygen atoms in total. The number of pyridine rings is 1. The molecule has 0 aliphatic carbocycles. The normalized spacial score (nSPS) is 18.3. The summed E-state index contributed by atoms with van der Waals surface area (Å²) in [6.45, 7) is 3.12. The fourth-order valence-electron chi connectivity index (χ4n) is 2.49. The second-order valence-electron chi connectivity index (χ2n) is 5.10. The van der Waals surface area contributed by atoms with E-state index in [9.17, 15) is 14.4 Å². The Labute approximate surface area is 123 Å². The lowest BCUT2D eigenvalue weighted by atomic mass is 9.98. The Morgan fingerprint density at radius 3 is 2.90 bits per heavy atom. The van der Waals surface area contributed by atoms with Crippen molar-refractivity contribution in [3.63, 3.8) is 0 Å². The summed E-state index contributed by atoms with van der Waals surface area (Å²) in [4.78, 5) is 37.3. The van der Waals surface area contributed by atoms with E-state index in [1.54, 1.807) is 30.2 Å². The summed E-state index contributed by atoms with van der Waals surface area (Å²) in [6.07, 6.45) is 3.11. The third-order valence-electron chi connectivity index (χ3n) is 3.60. The van der Waals surface area contributed by atoms with Crippen molar-refractivity contribution >= 4 is 11.9 Å². The predicted octanol–water partition coefficient (Wildman–Crippen LogP) is 0.650. The van der Waals surface area contributed by atoms with Gasteiger partial charge in [-0.25, -0.2) is 0 Å². The van der Waals surface area contributed by atoms with Crippen molar-refractivity contribution in [3.8, 4) is 0 Å². The van der Waals surface area contributed by atoms with Gasteiger partial charge in [-0.15, -0.1) is 0 Å². The van der Waals surface area contributed by atoms with Gasteiger partial charge in [0.1, 0.15) is 6.54 Å². The van der Waals surface area contributed by atoms with Gasteiger partial charge in [0.2, 0.25) is 5.91 Å². The molecule has 21 heavy (non-hydrogen) atoms. The molecule has 114 valence electrons. The van der Waals surface area contributed by atoms with Crippen molar-refractivity contribution in [2.75, 3.05) is 19.7 Å². The highest BCUT2D eigenvalue weighted by Crippen LogP contribution is 2.18. The average Bonchev–Trinajstić information content (AvgIpc) is 2.50. The molecule has 1 atom stereocenters. The molecule has 1 saturated heterocycles. The summed E-state index contributed by atoms with van der Waals surface area (Å²) in [5.74, 6) is -0.640. The van der Waals surface area contributed by atoms with Crippen LogP contribution in [0.4, 0.5) is 0 Å². The summed E-state index contributed by atoms with van der Waals surface area (Å²) < 4.78 is 6.39. The lowest BCUT2D eigenvalue weighted by Crippen LogP contribution is -2.44. The van der Waals surface area contributed by atoms with E-state index in [-0.39, 0.29) is 29.9 Å². The topological polar surface area (TPSA) is 68.6 Å². The largest absolute Gasteiger partial charge is 0.466 e. The summed E-state index contributed by atoms with van der Waals surface area (Å²) in [7, 11) is 0. The van der Waals surface area contributed by atoms with E-state index in [0.29, 0.717) is 19.7 Å². The quantitative estimate of drug-likeness (QED) is 0.764. The highest BCUT2D eigenvalue weighted by Gasteiger charge is 2.29. The Morgan fingerprint density at radius 1 is 1.38 bits per heavy atom. The predicted molar refractivity (Wildman–Crippen MR) is 76.6 cm³/mol. The second-order valence-corrected chi connectivity index (χ2v) is 5.10. The van der Waals surface area contributed by atoms with Crippen LogP contribution in [0.25, 0.3) is 0 Å². The monoisotopic (exact) mass is 292 g/mol. The van der Waals surface area contributed by atoms with Crippen molar-refractivity contribution < 1.29 is 14.3 Å². The molecule has 2 rings (SSSR count). The number of piperidine rings is 1. The van der Waals surface area contributed by atoms with Crippen molar-refractivity contribution in [3.05, 3.63) is 34.7 Å². The van der Waals surface area contributed by atoms with Gasteiger partial charge in [0.25, 0.3) is 5.56 Å². The van der Waals surface area contributed by atoms with Gasteiger partial charge >= 0.3 is 5.97 Å². The van der Waals surface area contributed by atoms with Crippen molar-refractivity contribution in [1.82, 2.24) is 9.47 Å². The molecule has 2 heterocycles. The minimum Gasteiger partial charge on any atom is -0.466 e. The first-order chi connectivity index (χ1) is 10.1. The van der Waals surface area contributed by atoms with Crippen LogP contribution in [0.15, 0.2) is 29.2 Å². The Balaban J connectivity index is 1.98. The molecular formula is C15H20N2O4. The Kier molecular flexibility index (Phi) is 5.14. The van der Waals surface area contributed by atoms with Gasteiger partial charge in [-0.1, -0.05) is 6.07 Å². The third kappa shape index (κ3) is 3.93. The molecule has 1 amide bonds. The maximum absolute atomic E-state index is 12.3. The van der Waals surface area contributed by atoms with Gasteiger partial charge in [-0.05, 0) is 25.8 Å². The number of esters is 1. The van der Waals surface area contributed by atoms with E-state index in [4.69, 9.17) is 4.74 Å². The molecule has 1 aromatic heterocycles. The summed E-state index contributed by atoms with van der Waals surface area (Å²) >= 11 is 0. The van der Waals surface area contributed by atoms with Crippen LogP contribution < -0.4 is 5.56 Å². The number of likely N-dealkylation sites (tertiary alicyclic amines) is 1. The van der Waals surface area contributed by atoms with Gasteiger partial charge < -0.3 is 14.2 Å². The summed E-state index contributed by atoms with van der Waals surface area (Å²) in [5.41, 5.74) is -0.204. The highest BCUT2D eigenvalue weighted by molar-refractivity contribution is 5.78. The van der Waals surface area contributed by atoms with Crippen LogP contribution in [-0.4, -0.2) is 41.0 Å². The van der Waals surface area contributed by atoms with Crippen LogP contribution in [0.2, 0.25) is 0 Å². The maximum atomic E-state index is 12.3. The van der Waals surface area contributed by atoms with Crippen LogP contribution in [0, 0.1) is 5.92 Å². The molecule has 0 radical (unpaired) electrons. The molecule has 0 spiro atoms. The Morgan fingerprint density at radius 2 is 2.19 bits per heavy atom. The molecule has 0 N–H and O–H groups in total. The van der Waals surface area contributed by atoms with E-state index in [1.807, 2.05) is 0 Å². The Hall–Kier alpha value is -2.11. The van der Waals surface area contributed by atoms with Gasteiger partial charge in [-0.3, -0.25) is 14.4 Å². The number of hydrogen-bond acceptors (Lipinski definition) is 4. The van der Waals surface area contributed by atoms with Crippen LogP contribution in [0.3, 0.4) is 0 Å².